The highest BCUT2D eigenvalue weighted by Crippen LogP contribution is 2.37. The molecule has 0 fully saturated rings. The Morgan fingerprint density at radius 1 is 1.11 bits per heavy atom. The zero-order valence-electron chi connectivity index (χ0n) is 14.9. The molecule has 7 nitrogen and oxygen atoms in total. The van der Waals surface area contributed by atoms with Crippen molar-refractivity contribution < 1.29 is 13.2 Å². The van der Waals surface area contributed by atoms with Crippen LogP contribution in [-0.4, -0.2) is 41.9 Å². The first-order chi connectivity index (χ1) is 13.0. The number of hydrazone groups is 1. The van der Waals surface area contributed by atoms with Crippen molar-refractivity contribution in [3.8, 4) is 5.75 Å². The SMILES string of the molecule is COc1cccc(C2=NN(S(C)(=O)=O)[C@@H](c3cccc4nccnc34)C2)c1. The monoisotopic (exact) mass is 382 g/mol. The topological polar surface area (TPSA) is 84.8 Å². The number of ether oxygens (including phenoxy) is 1. The van der Waals surface area contributed by atoms with Gasteiger partial charge in [0.05, 0.1) is 36.2 Å². The molecule has 0 saturated carbocycles. The van der Waals surface area contributed by atoms with E-state index in [-0.39, 0.29) is 0 Å². The van der Waals surface area contributed by atoms with Crippen molar-refractivity contribution in [1.29, 1.82) is 0 Å². The molecule has 0 amide bonds. The van der Waals surface area contributed by atoms with Crippen LogP contribution in [0, 0.1) is 0 Å². The Balaban J connectivity index is 1.82. The van der Waals surface area contributed by atoms with Gasteiger partial charge in [-0.3, -0.25) is 9.97 Å². The second-order valence-corrected chi connectivity index (χ2v) is 8.15. The number of para-hydroxylation sites is 1. The molecule has 1 aromatic heterocycles. The molecule has 0 bridgehead atoms. The Kier molecular flexibility index (Phi) is 4.27. The third-order valence-electron chi connectivity index (χ3n) is 4.50. The standard InChI is InChI=1S/C19H18N4O3S/c1-26-14-6-3-5-13(11-14)17-12-18(23(22-17)27(2,24)25)15-7-4-8-16-19(15)21-10-9-20-16/h3-11,18H,12H2,1-2H3/t18-/m1/s1. The Morgan fingerprint density at radius 3 is 2.67 bits per heavy atom. The fourth-order valence-corrected chi connectivity index (χ4v) is 4.18. The maximum atomic E-state index is 12.4. The summed E-state index contributed by atoms with van der Waals surface area (Å²) in [5.41, 5.74) is 3.70. The van der Waals surface area contributed by atoms with Gasteiger partial charge in [-0.2, -0.15) is 9.52 Å². The summed E-state index contributed by atoms with van der Waals surface area (Å²) in [6.45, 7) is 0. The van der Waals surface area contributed by atoms with Crippen LogP contribution in [-0.2, 0) is 10.0 Å². The molecular weight excluding hydrogens is 364 g/mol. The van der Waals surface area contributed by atoms with Gasteiger partial charge in [0, 0.05) is 29.9 Å². The van der Waals surface area contributed by atoms with E-state index in [4.69, 9.17) is 4.74 Å². The van der Waals surface area contributed by atoms with Crippen molar-refractivity contribution >= 4 is 26.8 Å². The molecule has 0 radical (unpaired) electrons. The van der Waals surface area contributed by atoms with Gasteiger partial charge in [-0.15, -0.1) is 0 Å². The van der Waals surface area contributed by atoms with Crippen LogP contribution in [0.5, 0.6) is 5.75 Å². The first-order valence-electron chi connectivity index (χ1n) is 8.38. The summed E-state index contributed by atoms with van der Waals surface area (Å²) in [7, 11) is -1.97. The minimum Gasteiger partial charge on any atom is -0.497 e. The Hall–Kier alpha value is -3.00. The number of hydrogen-bond donors (Lipinski definition) is 0. The Labute approximate surface area is 157 Å². The maximum Gasteiger partial charge on any atom is 0.247 e. The lowest BCUT2D eigenvalue weighted by atomic mass is 9.98. The largest absolute Gasteiger partial charge is 0.497 e. The molecular formula is C19H18N4O3S. The summed E-state index contributed by atoms with van der Waals surface area (Å²) >= 11 is 0. The van der Waals surface area contributed by atoms with E-state index >= 15 is 0 Å². The second-order valence-electron chi connectivity index (χ2n) is 6.31. The molecule has 0 spiro atoms. The fraction of sp³-hybridized carbons (Fsp3) is 0.211. The van der Waals surface area contributed by atoms with Crippen LogP contribution in [0.4, 0.5) is 0 Å². The number of methoxy groups -OCH3 is 1. The lowest BCUT2D eigenvalue weighted by Crippen LogP contribution is -2.26. The van der Waals surface area contributed by atoms with Crippen LogP contribution >= 0.6 is 0 Å². The van der Waals surface area contributed by atoms with Gasteiger partial charge in [-0.05, 0) is 18.2 Å². The van der Waals surface area contributed by atoms with Crippen LogP contribution in [0.2, 0.25) is 0 Å². The molecule has 27 heavy (non-hydrogen) atoms. The minimum atomic E-state index is -3.56. The Bertz CT molecular complexity index is 1140. The molecule has 138 valence electrons. The van der Waals surface area contributed by atoms with Gasteiger partial charge in [0.25, 0.3) is 0 Å². The van der Waals surface area contributed by atoms with Gasteiger partial charge in [-0.25, -0.2) is 8.42 Å². The average Bonchev–Trinajstić information content (AvgIpc) is 3.13. The van der Waals surface area contributed by atoms with E-state index in [1.54, 1.807) is 19.5 Å². The van der Waals surface area contributed by atoms with Crippen LogP contribution in [0.25, 0.3) is 11.0 Å². The van der Waals surface area contributed by atoms with Crippen LogP contribution < -0.4 is 4.74 Å². The van der Waals surface area contributed by atoms with Gasteiger partial charge in [0.15, 0.2) is 0 Å². The number of hydrogen-bond acceptors (Lipinski definition) is 6. The predicted octanol–water partition coefficient (Wildman–Crippen LogP) is 2.75. The maximum absolute atomic E-state index is 12.4. The highest BCUT2D eigenvalue weighted by Gasteiger charge is 2.35. The summed E-state index contributed by atoms with van der Waals surface area (Å²) in [6, 6.07) is 12.6. The summed E-state index contributed by atoms with van der Waals surface area (Å²) in [6.07, 6.45) is 4.83. The molecule has 8 heteroatoms. The summed E-state index contributed by atoms with van der Waals surface area (Å²) in [5, 5.41) is 4.43. The quantitative estimate of drug-likeness (QED) is 0.693. The van der Waals surface area contributed by atoms with Crippen LogP contribution in [0.1, 0.15) is 23.6 Å². The van der Waals surface area contributed by atoms with Crippen molar-refractivity contribution in [2.75, 3.05) is 13.4 Å². The normalized spacial score (nSPS) is 17.2. The van der Waals surface area contributed by atoms with Gasteiger partial charge < -0.3 is 4.74 Å². The molecule has 2 heterocycles. The summed E-state index contributed by atoms with van der Waals surface area (Å²) < 4.78 is 31.3. The highest BCUT2D eigenvalue weighted by molar-refractivity contribution is 7.88. The molecule has 4 rings (SSSR count). The number of benzene rings is 2. The minimum absolute atomic E-state index is 0.440. The Morgan fingerprint density at radius 2 is 1.89 bits per heavy atom. The van der Waals surface area contributed by atoms with E-state index in [0.29, 0.717) is 23.4 Å². The molecule has 0 N–H and O–H groups in total. The third-order valence-corrected chi connectivity index (χ3v) is 5.52. The number of nitrogens with zero attached hydrogens (tertiary/aromatic N) is 4. The second kappa shape index (κ2) is 6.62. The number of rotatable bonds is 4. The van der Waals surface area contributed by atoms with E-state index in [1.165, 1.54) is 4.41 Å². The smallest absolute Gasteiger partial charge is 0.247 e. The predicted molar refractivity (Wildman–Crippen MR) is 103 cm³/mol. The molecule has 0 unspecified atom stereocenters. The number of fused-ring (bicyclic) bond motifs is 1. The lowest BCUT2D eigenvalue weighted by Gasteiger charge is -2.22. The van der Waals surface area contributed by atoms with E-state index in [1.807, 2.05) is 42.5 Å². The van der Waals surface area contributed by atoms with Gasteiger partial charge in [0.1, 0.15) is 5.75 Å². The molecule has 1 atom stereocenters. The summed E-state index contributed by atoms with van der Waals surface area (Å²) in [5.74, 6) is 0.695. The third kappa shape index (κ3) is 3.23. The first-order valence-corrected chi connectivity index (χ1v) is 10.2. The van der Waals surface area contributed by atoms with Crippen LogP contribution in [0.15, 0.2) is 60.0 Å². The van der Waals surface area contributed by atoms with Gasteiger partial charge in [-0.1, -0.05) is 24.3 Å². The van der Waals surface area contributed by atoms with E-state index in [0.717, 1.165) is 22.9 Å². The first kappa shape index (κ1) is 17.4. The van der Waals surface area contributed by atoms with Crippen LogP contribution in [0.3, 0.4) is 0 Å². The van der Waals surface area contributed by atoms with Crippen molar-refractivity contribution in [1.82, 2.24) is 14.4 Å². The molecule has 0 saturated heterocycles. The zero-order chi connectivity index (χ0) is 19.0. The zero-order valence-corrected chi connectivity index (χ0v) is 15.7. The van der Waals surface area contributed by atoms with E-state index in [9.17, 15) is 8.42 Å². The van der Waals surface area contributed by atoms with Gasteiger partial charge in [0.2, 0.25) is 10.0 Å². The van der Waals surface area contributed by atoms with E-state index < -0.39 is 16.1 Å². The molecule has 3 aromatic rings. The fourth-order valence-electron chi connectivity index (χ4n) is 3.29. The number of sulfonamides is 1. The van der Waals surface area contributed by atoms with Crippen molar-refractivity contribution in [2.45, 2.75) is 12.5 Å². The molecule has 1 aliphatic rings. The van der Waals surface area contributed by atoms with Crippen molar-refractivity contribution in [3.05, 3.63) is 66.0 Å². The van der Waals surface area contributed by atoms with Crippen molar-refractivity contribution in [3.63, 3.8) is 0 Å². The number of aromatic nitrogens is 2. The molecule has 0 aliphatic carbocycles. The summed E-state index contributed by atoms with van der Waals surface area (Å²) in [4.78, 5) is 8.73. The molecule has 2 aromatic carbocycles. The molecule has 1 aliphatic heterocycles. The van der Waals surface area contributed by atoms with Crippen molar-refractivity contribution in [2.24, 2.45) is 5.10 Å². The lowest BCUT2D eigenvalue weighted by molar-refractivity contribution is 0.376. The van der Waals surface area contributed by atoms with E-state index in [2.05, 4.69) is 15.1 Å². The van der Waals surface area contributed by atoms with Gasteiger partial charge >= 0.3 is 0 Å². The average molecular weight is 382 g/mol. The highest BCUT2D eigenvalue weighted by atomic mass is 32.2.